The molecule has 0 bridgehead atoms. The second kappa shape index (κ2) is 6.86. The number of likely N-dealkylation sites (N-methyl/N-ethyl adjacent to an activating group) is 2. The Kier molecular flexibility index (Phi) is 6.60. The van der Waals surface area contributed by atoms with Crippen molar-refractivity contribution < 1.29 is 9.53 Å². The van der Waals surface area contributed by atoms with Crippen LogP contribution in [0.15, 0.2) is 0 Å². The lowest BCUT2D eigenvalue weighted by Crippen LogP contribution is -2.47. The summed E-state index contributed by atoms with van der Waals surface area (Å²) >= 11 is 0. The van der Waals surface area contributed by atoms with Crippen molar-refractivity contribution in [1.29, 1.82) is 0 Å². The van der Waals surface area contributed by atoms with Crippen molar-refractivity contribution >= 4 is 5.97 Å². The molecule has 96 valence electrons. The molecule has 0 heterocycles. The van der Waals surface area contributed by atoms with Gasteiger partial charge in [0.05, 0.1) is 7.11 Å². The van der Waals surface area contributed by atoms with E-state index in [0.717, 1.165) is 13.1 Å². The fraction of sp³-hybridized carbons (Fsp3) is 0.917. The lowest BCUT2D eigenvalue weighted by molar-refractivity contribution is -0.143. The maximum atomic E-state index is 11.5. The van der Waals surface area contributed by atoms with Gasteiger partial charge in [-0.3, -0.25) is 4.79 Å². The molecule has 0 aliphatic rings. The van der Waals surface area contributed by atoms with Gasteiger partial charge >= 0.3 is 5.97 Å². The number of nitrogens with zero attached hydrogens (tertiary/aromatic N) is 1. The molecule has 0 radical (unpaired) electrons. The zero-order chi connectivity index (χ0) is 12.8. The number of carbonyl (C=O) groups is 1. The van der Waals surface area contributed by atoms with Crippen LogP contribution in [0.5, 0.6) is 0 Å². The van der Waals surface area contributed by atoms with Crippen molar-refractivity contribution in [2.75, 3.05) is 33.8 Å². The highest BCUT2D eigenvalue weighted by Gasteiger charge is 2.22. The molecular formula is C12H26N2O2. The summed E-state index contributed by atoms with van der Waals surface area (Å²) in [7, 11) is 3.45. The fourth-order valence-electron chi connectivity index (χ4n) is 1.80. The maximum absolute atomic E-state index is 11.5. The Morgan fingerprint density at radius 1 is 1.44 bits per heavy atom. The number of carbonyl (C=O) groups excluding carboxylic acids is 1. The fourth-order valence-corrected chi connectivity index (χ4v) is 1.80. The quantitative estimate of drug-likeness (QED) is 0.694. The van der Waals surface area contributed by atoms with Crippen molar-refractivity contribution in [1.82, 2.24) is 10.2 Å². The van der Waals surface area contributed by atoms with Crippen LogP contribution in [0.3, 0.4) is 0 Å². The molecular weight excluding hydrogens is 204 g/mol. The molecule has 1 N–H and O–H groups in total. The van der Waals surface area contributed by atoms with E-state index in [2.05, 4.69) is 31.0 Å². The lowest BCUT2D eigenvalue weighted by Gasteiger charge is -2.29. The summed E-state index contributed by atoms with van der Waals surface area (Å²) in [5.74, 6) is -0.192. The van der Waals surface area contributed by atoms with Crippen molar-refractivity contribution in [3.8, 4) is 0 Å². The third-order valence-corrected chi connectivity index (χ3v) is 2.17. The molecule has 4 heteroatoms. The molecule has 0 fully saturated rings. The summed E-state index contributed by atoms with van der Waals surface area (Å²) in [6.45, 7) is 10.9. The first-order valence-electron chi connectivity index (χ1n) is 5.80. The second-order valence-electron chi connectivity index (χ2n) is 5.39. The predicted octanol–water partition coefficient (Wildman–Crippen LogP) is 1.12. The number of ether oxygens (including phenoxy) is 1. The van der Waals surface area contributed by atoms with Crippen LogP contribution in [0, 0.1) is 5.41 Å². The zero-order valence-electron chi connectivity index (χ0n) is 11.5. The van der Waals surface area contributed by atoms with Gasteiger partial charge in [-0.1, -0.05) is 27.7 Å². The summed E-state index contributed by atoms with van der Waals surface area (Å²) in [5.41, 5.74) is 0.238. The third-order valence-electron chi connectivity index (χ3n) is 2.17. The lowest BCUT2D eigenvalue weighted by atomic mass is 9.96. The molecule has 0 aromatic heterocycles. The topological polar surface area (TPSA) is 41.6 Å². The molecule has 1 unspecified atom stereocenters. The highest BCUT2D eigenvalue weighted by molar-refractivity contribution is 5.75. The molecule has 0 saturated heterocycles. The minimum atomic E-state index is -0.234. The summed E-state index contributed by atoms with van der Waals surface area (Å²) in [4.78, 5) is 13.6. The van der Waals surface area contributed by atoms with Gasteiger partial charge in [-0.15, -0.1) is 0 Å². The monoisotopic (exact) mass is 230 g/mol. The van der Waals surface area contributed by atoms with Crippen molar-refractivity contribution in [3.63, 3.8) is 0 Å². The van der Waals surface area contributed by atoms with E-state index in [4.69, 9.17) is 4.74 Å². The minimum Gasteiger partial charge on any atom is -0.468 e. The Hall–Kier alpha value is -0.610. The number of hydrogen-bond donors (Lipinski definition) is 1. The molecule has 0 aliphatic heterocycles. The van der Waals surface area contributed by atoms with Crippen LogP contribution in [-0.2, 0) is 9.53 Å². The number of rotatable bonds is 6. The zero-order valence-corrected chi connectivity index (χ0v) is 11.5. The van der Waals surface area contributed by atoms with E-state index in [0.29, 0.717) is 6.54 Å². The summed E-state index contributed by atoms with van der Waals surface area (Å²) in [6.07, 6.45) is 0. The molecule has 0 rings (SSSR count). The van der Waals surface area contributed by atoms with E-state index < -0.39 is 0 Å². The van der Waals surface area contributed by atoms with E-state index in [1.807, 2.05) is 14.0 Å². The Morgan fingerprint density at radius 3 is 2.38 bits per heavy atom. The maximum Gasteiger partial charge on any atom is 0.324 e. The van der Waals surface area contributed by atoms with E-state index in [-0.39, 0.29) is 17.4 Å². The Bertz CT molecular complexity index is 212. The summed E-state index contributed by atoms with van der Waals surface area (Å²) < 4.78 is 4.77. The Labute approximate surface area is 99.3 Å². The van der Waals surface area contributed by atoms with Gasteiger partial charge in [0.1, 0.15) is 6.04 Å². The van der Waals surface area contributed by atoms with Crippen LogP contribution in [0.1, 0.15) is 27.7 Å². The number of methoxy groups -OCH3 is 1. The van der Waals surface area contributed by atoms with Gasteiger partial charge in [-0.2, -0.15) is 0 Å². The van der Waals surface area contributed by atoms with Gasteiger partial charge in [0, 0.05) is 13.1 Å². The van der Waals surface area contributed by atoms with Crippen LogP contribution < -0.4 is 5.32 Å². The highest BCUT2D eigenvalue weighted by atomic mass is 16.5. The van der Waals surface area contributed by atoms with Gasteiger partial charge in [0.2, 0.25) is 0 Å². The van der Waals surface area contributed by atoms with E-state index in [1.54, 1.807) is 0 Å². The first-order valence-corrected chi connectivity index (χ1v) is 5.80. The highest BCUT2D eigenvalue weighted by Crippen LogP contribution is 2.14. The summed E-state index contributed by atoms with van der Waals surface area (Å²) in [6, 6.07) is -0.234. The molecule has 1 atom stereocenters. The molecule has 4 nitrogen and oxygen atoms in total. The van der Waals surface area contributed by atoms with Gasteiger partial charge in [-0.05, 0) is 19.0 Å². The molecule has 0 saturated carbocycles. The summed E-state index contributed by atoms with van der Waals surface area (Å²) in [5, 5.41) is 3.13. The molecule has 0 spiro atoms. The smallest absolute Gasteiger partial charge is 0.324 e. The minimum absolute atomic E-state index is 0.192. The van der Waals surface area contributed by atoms with Crippen molar-refractivity contribution in [3.05, 3.63) is 0 Å². The first-order chi connectivity index (χ1) is 7.30. The van der Waals surface area contributed by atoms with E-state index in [9.17, 15) is 4.79 Å². The SMILES string of the molecule is CCNC(CN(C)CC(C)(C)C)C(=O)OC. The normalized spacial score (nSPS) is 13.9. The number of nitrogens with one attached hydrogen (secondary N) is 1. The Morgan fingerprint density at radius 2 is 2.00 bits per heavy atom. The van der Waals surface area contributed by atoms with Crippen LogP contribution in [-0.4, -0.2) is 50.7 Å². The number of hydrogen-bond acceptors (Lipinski definition) is 4. The second-order valence-corrected chi connectivity index (χ2v) is 5.39. The molecule has 16 heavy (non-hydrogen) atoms. The molecule has 0 amide bonds. The van der Waals surface area contributed by atoms with Crippen molar-refractivity contribution in [2.45, 2.75) is 33.7 Å². The van der Waals surface area contributed by atoms with Gasteiger partial charge in [0.25, 0.3) is 0 Å². The van der Waals surface area contributed by atoms with Gasteiger partial charge in [0.15, 0.2) is 0 Å². The van der Waals surface area contributed by atoms with E-state index >= 15 is 0 Å². The van der Waals surface area contributed by atoms with Gasteiger partial charge < -0.3 is 15.0 Å². The third kappa shape index (κ3) is 6.80. The molecule has 0 aliphatic carbocycles. The standard InChI is InChI=1S/C12H26N2O2/c1-7-13-10(11(15)16-6)8-14(5)9-12(2,3)4/h10,13H,7-9H2,1-6H3. The van der Waals surface area contributed by atoms with E-state index in [1.165, 1.54) is 7.11 Å². The van der Waals surface area contributed by atoms with Crippen LogP contribution in [0.25, 0.3) is 0 Å². The number of esters is 1. The average Bonchev–Trinajstić information content (AvgIpc) is 2.13. The molecule has 0 aromatic rings. The average molecular weight is 230 g/mol. The Balaban J connectivity index is 4.23. The van der Waals surface area contributed by atoms with Crippen LogP contribution >= 0.6 is 0 Å². The van der Waals surface area contributed by atoms with Gasteiger partial charge in [-0.25, -0.2) is 0 Å². The van der Waals surface area contributed by atoms with Crippen LogP contribution in [0.2, 0.25) is 0 Å². The molecule has 0 aromatic carbocycles. The van der Waals surface area contributed by atoms with Crippen LogP contribution in [0.4, 0.5) is 0 Å². The first kappa shape index (κ1) is 15.4. The predicted molar refractivity (Wildman–Crippen MR) is 66.4 cm³/mol. The largest absolute Gasteiger partial charge is 0.468 e. The van der Waals surface area contributed by atoms with Crippen molar-refractivity contribution in [2.24, 2.45) is 5.41 Å².